The highest BCUT2D eigenvalue weighted by Gasteiger charge is 1.98. The molecule has 0 aliphatic carbocycles. The van der Waals surface area contributed by atoms with Gasteiger partial charge in [-0.1, -0.05) is 36.9 Å². The van der Waals surface area contributed by atoms with Crippen molar-refractivity contribution in [3.05, 3.63) is 66.5 Å². The normalized spacial score (nSPS) is 9.94. The second-order valence-corrected chi connectivity index (χ2v) is 3.93. The molecule has 0 bridgehead atoms. The second kappa shape index (κ2) is 5.30. The molecule has 0 amide bonds. The van der Waals surface area contributed by atoms with Crippen LogP contribution in [0.1, 0.15) is 18.2 Å². The van der Waals surface area contributed by atoms with Crippen molar-refractivity contribution in [2.75, 3.05) is 0 Å². The SMILES string of the molecule is C=C(C)c1ccc(OCc2ccccc2)cn1. The van der Waals surface area contributed by atoms with Gasteiger partial charge in [0, 0.05) is 0 Å². The van der Waals surface area contributed by atoms with Crippen LogP contribution >= 0.6 is 0 Å². The van der Waals surface area contributed by atoms with Crippen LogP contribution in [0.4, 0.5) is 0 Å². The fourth-order valence-corrected chi connectivity index (χ4v) is 1.46. The van der Waals surface area contributed by atoms with Gasteiger partial charge in [0.1, 0.15) is 12.4 Å². The first-order valence-corrected chi connectivity index (χ1v) is 5.54. The monoisotopic (exact) mass is 225 g/mol. The highest BCUT2D eigenvalue weighted by Crippen LogP contribution is 2.15. The maximum atomic E-state index is 5.63. The molecule has 1 aromatic heterocycles. The third kappa shape index (κ3) is 3.18. The van der Waals surface area contributed by atoms with Crippen molar-refractivity contribution in [1.82, 2.24) is 4.98 Å². The van der Waals surface area contributed by atoms with Gasteiger partial charge in [0.2, 0.25) is 0 Å². The fraction of sp³-hybridized carbons (Fsp3) is 0.133. The highest BCUT2D eigenvalue weighted by atomic mass is 16.5. The predicted octanol–water partition coefficient (Wildman–Crippen LogP) is 3.69. The Balaban J connectivity index is 1.98. The van der Waals surface area contributed by atoms with E-state index in [0.717, 1.165) is 22.6 Å². The maximum Gasteiger partial charge on any atom is 0.138 e. The van der Waals surface area contributed by atoms with Crippen molar-refractivity contribution < 1.29 is 4.74 Å². The van der Waals surface area contributed by atoms with E-state index in [1.165, 1.54) is 0 Å². The van der Waals surface area contributed by atoms with Gasteiger partial charge in [-0.3, -0.25) is 4.98 Å². The average Bonchev–Trinajstić information content (AvgIpc) is 2.38. The largest absolute Gasteiger partial charge is 0.487 e. The van der Waals surface area contributed by atoms with E-state index in [1.54, 1.807) is 6.20 Å². The summed E-state index contributed by atoms with van der Waals surface area (Å²) in [5.74, 6) is 0.777. The van der Waals surface area contributed by atoms with Crippen LogP contribution in [-0.4, -0.2) is 4.98 Å². The lowest BCUT2D eigenvalue weighted by atomic mass is 10.2. The molecular formula is C15H15NO. The zero-order valence-corrected chi connectivity index (χ0v) is 9.89. The summed E-state index contributed by atoms with van der Waals surface area (Å²) >= 11 is 0. The summed E-state index contributed by atoms with van der Waals surface area (Å²) in [6.07, 6.45) is 1.73. The number of aromatic nitrogens is 1. The van der Waals surface area contributed by atoms with Crippen molar-refractivity contribution in [3.63, 3.8) is 0 Å². The standard InChI is InChI=1S/C15H15NO/c1-12(2)15-9-8-14(10-16-15)17-11-13-6-4-3-5-7-13/h3-10H,1,11H2,2H3. The number of ether oxygens (including phenoxy) is 1. The Kier molecular flexibility index (Phi) is 3.55. The Hall–Kier alpha value is -2.09. The number of allylic oxidation sites excluding steroid dienone is 1. The zero-order chi connectivity index (χ0) is 12.1. The first-order chi connectivity index (χ1) is 8.25. The molecule has 0 aliphatic heterocycles. The molecule has 0 saturated heterocycles. The first kappa shape index (κ1) is 11.4. The number of benzene rings is 1. The van der Waals surface area contributed by atoms with Gasteiger partial charge in [0.25, 0.3) is 0 Å². The minimum absolute atomic E-state index is 0.564. The summed E-state index contributed by atoms with van der Waals surface area (Å²) in [5, 5.41) is 0. The van der Waals surface area contributed by atoms with E-state index in [4.69, 9.17) is 4.74 Å². The molecule has 0 saturated carbocycles. The minimum Gasteiger partial charge on any atom is -0.487 e. The molecule has 0 spiro atoms. The summed E-state index contributed by atoms with van der Waals surface area (Å²) in [6.45, 7) is 6.35. The average molecular weight is 225 g/mol. The molecule has 2 aromatic rings. The smallest absolute Gasteiger partial charge is 0.138 e. The number of pyridine rings is 1. The van der Waals surface area contributed by atoms with Gasteiger partial charge in [-0.05, 0) is 30.2 Å². The lowest BCUT2D eigenvalue weighted by Crippen LogP contribution is -1.96. The van der Waals surface area contributed by atoms with Gasteiger partial charge >= 0.3 is 0 Å². The van der Waals surface area contributed by atoms with Gasteiger partial charge in [0.05, 0.1) is 11.9 Å². The number of rotatable bonds is 4. The molecular weight excluding hydrogens is 210 g/mol. The molecule has 2 rings (SSSR count). The Labute approximate surface area is 102 Å². The number of nitrogens with zero attached hydrogens (tertiary/aromatic N) is 1. The highest BCUT2D eigenvalue weighted by molar-refractivity contribution is 5.57. The molecule has 2 nitrogen and oxygen atoms in total. The van der Waals surface area contributed by atoms with Crippen LogP contribution in [0.2, 0.25) is 0 Å². The molecule has 2 heteroatoms. The Morgan fingerprint density at radius 2 is 1.94 bits per heavy atom. The van der Waals surface area contributed by atoms with E-state index in [0.29, 0.717) is 6.61 Å². The minimum atomic E-state index is 0.564. The zero-order valence-electron chi connectivity index (χ0n) is 9.89. The maximum absolute atomic E-state index is 5.63. The molecule has 0 atom stereocenters. The molecule has 86 valence electrons. The van der Waals surface area contributed by atoms with Crippen LogP contribution in [0, 0.1) is 0 Å². The predicted molar refractivity (Wildman–Crippen MR) is 69.7 cm³/mol. The molecule has 0 radical (unpaired) electrons. The van der Waals surface area contributed by atoms with Crippen molar-refractivity contribution in [3.8, 4) is 5.75 Å². The summed E-state index contributed by atoms with van der Waals surface area (Å²) in [7, 11) is 0. The Morgan fingerprint density at radius 3 is 2.53 bits per heavy atom. The van der Waals surface area contributed by atoms with Crippen LogP contribution in [0.25, 0.3) is 5.57 Å². The molecule has 17 heavy (non-hydrogen) atoms. The number of hydrogen-bond acceptors (Lipinski definition) is 2. The van der Waals surface area contributed by atoms with Gasteiger partial charge in [-0.25, -0.2) is 0 Å². The van der Waals surface area contributed by atoms with Gasteiger partial charge in [-0.15, -0.1) is 0 Å². The lowest BCUT2D eigenvalue weighted by molar-refractivity contribution is 0.305. The number of hydrogen-bond donors (Lipinski definition) is 0. The fourth-order valence-electron chi connectivity index (χ4n) is 1.46. The van der Waals surface area contributed by atoms with Crippen LogP contribution < -0.4 is 4.74 Å². The summed E-state index contributed by atoms with van der Waals surface area (Å²) in [5.41, 5.74) is 3.01. The van der Waals surface area contributed by atoms with Crippen LogP contribution in [0.15, 0.2) is 55.2 Å². The van der Waals surface area contributed by atoms with Crippen molar-refractivity contribution >= 4 is 5.57 Å². The van der Waals surface area contributed by atoms with E-state index >= 15 is 0 Å². The van der Waals surface area contributed by atoms with Crippen molar-refractivity contribution in [2.45, 2.75) is 13.5 Å². The molecule has 0 unspecified atom stereocenters. The van der Waals surface area contributed by atoms with Crippen molar-refractivity contribution in [1.29, 1.82) is 0 Å². The van der Waals surface area contributed by atoms with Gasteiger partial charge < -0.3 is 4.74 Å². The Morgan fingerprint density at radius 1 is 1.18 bits per heavy atom. The van der Waals surface area contributed by atoms with E-state index in [1.807, 2.05) is 49.4 Å². The molecule has 0 aliphatic rings. The summed E-state index contributed by atoms with van der Waals surface area (Å²) in [6, 6.07) is 13.9. The summed E-state index contributed by atoms with van der Waals surface area (Å²) in [4.78, 5) is 4.27. The third-order valence-electron chi connectivity index (χ3n) is 2.42. The quantitative estimate of drug-likeness (QED) is 0.791. The van der Waals surface area contributed by atoms with E-state index < -0.39 is 0 Å². The summed E-state index contributed by atoms with van der Waals surface area (Å²) < 4.78 is 5.63. The molecule has 0 N–H and O–H groups in total. The Bertz CT molecular complexity index is 488. The second-order valence-electron chi connectivity index (χ2n) is 3.93. The van der Waals surface area contributed by atoms with Crippen LogP contribution in [0.3, 0.4) is 0 Å². The van der Waals surface area contributed by atoms with Crippen LogP contribution in [0.5, 0.6) is 5.75 Å². The molecule has 1 aromatic carbocycles. The van der Waals surface area contributed by atoms with Crippen LogP contribution in [-0.2, 0) is 6.61 Å². The molecule has 0 fully saturated rings. The lowest BCUT2D eigenvalue weighted by Gasteiger charge is -2.06. The van der Waals surface area contributed by atoms with E-state index in [-0.39, 0.29) is 0 Å². The van der Waals surface area contributed by atoms with Gasteiger partial charge in [-0.2, -0.15) is 0 Å². The van der Waals surface area contributed by atoms with Gasteiger partial charge in [0.15, 0.2) is 0 Å². The van der Waals surface area contributed by atoms with E-state index in [2.05, 4.69) is 11.6 Å². The topological polar surface area (TPSA) is 22.1 Å². The van der Waals surface area contributed by atoms with Crippen molar-refractivity contribution in [2.24, 2.45) is 0 Å². The molecule has 1 heterocycles. The van der Waals surface area contributed by atoms with E-state index in [9.17, 15) is 0 Å². The first-order valence-electron chi connectivity index (χ1n) is 5.54. The third-order valence-corrected chi connectivity index (χ3v) is 2.42.